The lowest BCUT2D eigenvalue weighted by molar-refractivity contribution is -0.147. The van der Waals surface area contributed by atoms with Gasteiger partial charge < -0.3 is 9.84 Å². The summed E-state index contributed by atoms with van der Waals surface area (Å²) < 4.78 is 5.93. The summed E-state index contributed by atoms with van der Waals surface area (Å²) >= 11 is 0. The number of aliphatic carboxylic acids is 1. The molecule has 0 amide bonds. The highest BCUT2D eigenvalue weighted by atomic mass is 16.5. The monoisotopic (exact) mass is 703 g/mol. The Labute approximate surface area is 312 Å². The molecule has 0 saturated heterocycles. The second-order valence-corrected chi connectivity index (χ2v) is 15.2. The molecule has 0 aromatic rings. The summed E-state index contributed by atoms with van der Waals surface area (Å²) in [7, 11) is 0. The van der Waals surface area contributed by atoms with Crippen LogP contribution in [0, 0.1) is 0 Å². The molecule has 1 unspecified atom stereocenters. The Bertz CT molecular complexity index is 757. The van der Waals surface area contributed by atoms with Gasteiger partial charge in [0.15, 0.2) is 0 Å². The number of rotatable bonds is 41. The molecule has 0 aliphatic heterocycles. The summed E-state index contributed by atoms with van der Waals surface area (Å²) in [6.07, 6.45) is 53.8. The maximum atomic E-state index is 12.7. The van der Waals surface area contributed by atoms with Crippen LogP contribution in [0.4, 0.5) is 0 Å². The first kappa shape index (κ1) is 48.4. The van der Waals surface area contributed by atoms with Gasteiger partial charge in [0.2, 0.25) is 0 Å². The van der Waals surface area contributed by atoms with Gasteiger partial charge in [0.05, 0.1) is 0 Å². The van der Waals surface area contributed by atoms with E-state index in [1.54, 1.807) is 0 Å². The van der Waals surface area contributed by atoms with E-state index in [-0.39, 0.29) is 18.5 Å². The maximum Gasteiger partial charge on any atom is 0.306 e. The lowest BCUT2D eigenvalue weighted by Crippen LogP contribution is -2.16. The summed E-state index contributed by atoms with van der Waals surface area (Å²) in [5.41, 5.74) is 0. The molecule has 0 aliphatic carbocycles. The minimum Gasteiger partial charge on any atom is -0.481 e. The second kappa shape index (κ2) is 41.8. The number of ether oxygens (including phenoxy) is 1. The maximum absolute atomic E-state index is 12.7. The zero-order valence-electron chi connectivity index (χ0n) is 33.7. The van der Waals surface area contributed by atoms with Crippen molar-refractivity contribution in [3.05, 3.63) is 24.3 Å². The van der Waals surface area contributed by atoms with Crippen LogP contribution >= 0.6 is 0 Å². The van der Waals surface area contributed by atoms with Crippen molar-refractivity contribution in [3.8, 4) is 0 Å². The standard InChI is InChI=1S/C46H86O4/c1-3-5-7-9-11-13-14-15-16-17-18-19-20-21-22-23-24-25-27-29-35-39-43-46(49)50-44(40-36-32-28-26-12-10-8-6-4-2)41-37-33-30-31-34-38-42-45(47)48/h26,28,36,40,44H,3-25,27,29-35,37-39,41-43H2,1-2H3,(H,47,48)/b28-26-,40-36-. The van der Waals surface area contributed by atoms with Gasteiger partial charge in [-0.2, -0.15) is 0 Å². The number of carboxylic acids is 1. The van der Waals surface area contributed by atoms with E-state index < -0.39 is 5.97 Å². The van der Waals surface area contributed by atoms with Gasteiger partial charge in [0, 0.05) is 12.8 Å². The van der Waals surface area contributed by atoms with Crippen molar-refractivity contribution in [3.63, 3.8) is 0 Å². The molecule has 0 spiro atoms. The minimum atomic E-state index is -0.700. The van der Waals surface area contributed by atoms with Crippen LogP contribution in [0.3, 0.4) is 0 Å². The highest BCUT2D eigenvalue weighted by Gasteiger charge is 2.11. The van der Waals surface area contributed by atoms with E-state index in [1.165, 1.54) is 154 Å². The molecule has 50 heavy (non-hydrogen) atoms. The molecule has 0 fully saturated rings. The normalized spacial score (nSPS) is 12.4. The number of carboxylic acid groups (broad SMARTS) is 1. The number of hydrogen-bond acceptors (Lipinski definition) is 3. The van der Waals surface area contributed by atoms with E-state index in [4.69, 9.17) is 9.84 Å². The van der Waals surface area contributed by atoms with Crippen LogP contribution in [0.25, 0.3) is 0 Å². The molecule has 0 heterocycles. The van der Waals surface area contributed by atoms with Crippen molar-refractivity contribution in [2.24, 2.45) is 0 Å². The largest absolute Gasteiger partial charge is 0.481 e. The van der Waals surface area contributed by atoms with Crippen LogP contribution < -0.4 is 0 Å². The van der Waals surface area contributed by atoms with Crippen molar-refractivity contribution >= 4 is 11.9 Å². The first-order valence-electron chi connectivity index (χ1n) is 22.3. The number of hydrogen-bond donors (Lipinski definition) is 1. The van der Waals surface area contributed by atoms with E-state index in [1.807, 2.05) is 0 Å². The molecule has 4 nitrogen and oxygen atoms in total. The Hall–Kier alpha value is -1.58. The van der Waals surface area contributed by atoms with Gasteiger partial charge in [-0.1, -0.05) is 212 Å². The molecular formula is C46H86O4. The third-order valence-corrected chi connectivity index (χ3v) is 10.2. The number of allylic oxidation sites excluding steroid dienone is 3. The van der Waals surface area contributed by atoms with Gasteiger partial charge in [-0.05, 0) is 51.0 Å². The molecule has 0 saturated carbocycles. The fraction of sp³-hybridized carbons (Fsp3) is 0.870. The number of esters is 1. The predicted octanol–water partition coefficient (Wildman–Crippen LogP) is 15.6. The van der Waals surface area contributed by atoms with Crippen molar-refractivity contribution < 1.29 is 19.4 Å². The lowest BCUT2D eigenvalue weighted by atomic mass is 10.0. The smallest absolute Gasteiger partial charge is 0.306 e. The number of unbranched alkanes of at least 4 members (excludes halogenated alkanes) is 30. The van der Waals surface area contributed by atoms with Crippen molar-refractivity contribution in [1.82, 2.24) is 0 Å². The third-order valence-electron chi connectivity index (χ3n) is 10.2. The molecule has 0 aromatic carbocycles. The zero-order chi connectivity index (χ0) is 36.4. The Morgan fingerprint density at radius 1 is 0.460 bits per heavy atom. The molecule has 0 aromatic heterocycles. The summed E-state index contributed by atoms with van der Waals surface area (Å²) in [4.78, 5) is 23.3. The molecule has 0 rings (SSSR count). The van der Waals surface area contributed by atoms with Crippen LogP contribution in [0.15, 0.2) is 24.3 Å². The SMILES string of the molecule is CCCCCC/C=C\C/C=C\C(CCCCCCCCC(=O)O)OC(=O)CCCCCCCCCCCCCCCCCCCCCCCC. The number of carbonyl (C=O) groups excluding carboxylic acids is 1. The first-order valence-corrected chi connectivity index (χ1v) is 22.3. The zero-order valence-corrected chi connectivity index (χ0v) is 33.7. The summed E-state index contributed by atoms with van der Waals surface area (Å²) in [5, 5.41) is 8.79. The highest BCUT2D eigenvalue weighted by Crippen LogP contribution is 2.17. The van der Waals surface area contributed by atoms with Crippen LogP contribution in [-0.2, 0) is 14.3 Å². The van der Waals surface area contributed by atoms with E-state index in [2.05, 4.69) is 38.2 Å². The Morgan fingerprint density at radius 3 is 1.28 bits per heavy atom. The summed E-state index contributed by atoms with van der Waals surface area (Å²) in [5.74, 6) is -0.749. The van der Waals surface area contributed by atoms with Gasteiger partial charge in [-0.15, -0.1) is 0 Å². The molecule has 294 valence electrons. The Balaban J connectivity index is 3.88. The van der Waals surface area contributed by atoms with Crippen LogP contribution in [0.1, 0.15) is 251 Å². The molecule has 0 radical (unpaired) electrons. The summed E-state index contributed by atoms with van der Waals surface area (Å²) in [6, 6.07) is 0. The molecule has 1 N–H and O–H groups in total. The van der Waals surface area contributed by atoms with E-state index in [0.717, 1.165) is 70.6 Å². The molecule has 0 aliphatic rings. The number of carbonyl (C=O) groups is 2. The summed E-state index contributed by atoms with van der Waals surface area (Å²) in [6.45, 7) is 4.54. The van der Waals surface area contributed by atoms with Gasteiger partial charge in [-0.3, -0.25) is 9.59 Å². The van der Waals surface area contributed by atoms with Crippen molar-refractivity contribution in [2.45, 2.75) is 258 Å². The van der Waals surface area contributed by atoms with Crippen molar-refractivity contribution in [2.75, 3.05) is 0 Å². The van der Waals surface area contributed by atoms with Crippen LogP contribution in [0.5, 0.6) is 0 Å². The quantitative estimate of drug-likeness (QED) is 0.0391. The first-order chi connectivity index (χ1) is 24.6. The molecule has 1 atom stereocenters. The lowest BCUT2D eigenvalue weighted by Gasteiger charge is -2.14. The Kier molecular flexibility index (Phi) is 40.5. The minimum absolute atomic E-state index is 0.0482. The third kappa shape index (κ3) is 40.8. The van der Waals surface area contributed by atoms with Crippen LogP contribution in [-0.4, -0.2) is 23.1 Å². The van der Waals surface area contributed by atoms with E-state index in [9.17, 15) is 9.59 Å². The van der Waals surface area contributed by atoms with E-state index in [0.29, 0.717) is 6.42 Å². The van der Waals surface area contributed by atoms with Crippen LogP contribution in [0.2, 0.25) is 0 Å². The second-order valence-electron chi connectivity index (χ2n) is 15.2. The topological polar surface area (TPSA) is 63.6 Å². The van der Waals surface area contributed by atoms with Gasteiger partial charge in [-0.25, -0.2) is 0 Å². The van der Waals surface area contributed by atoms with Crippen molar-refractivity contribution in [1.29, 1.82) is 0 Å². The van der Waals surface area contributed by atoms with E-state index >= 15 is 0 Å². The average molecular weight is 703 g/mol. The van der Waals surface area contributed by atoms with Gasteiger partial charge in [0.25, 0.3) is 0 Å². The predicted molar refractivity (Wildman–Crippen MR) is 218 cm³/mol. The van der Waals surface area contributed by atoms with Gasteiger partial charge >= 0.3 is 11.9 Å². The fourth-order valence-electron chi connectivity index (χ4n) is 6.84. The fourth-order valence-corrected chi connectivity index (χ4v) is 6.84. The highest BCUT2D eigenvalue weighted by molar-refractivity contribution is 5.69. The molecule has 4 heteroatoms. The Morgan fingerprint density at radius 2 is 0.840 bits per heavy atom. The average Bonchev–Trinajstić information content (AvgIpc) is 3.10. The molecule has 0 bridgehead atoms. The van der Waals surface area contributed by atoms with Gasteiger partial charge in [0.1, 0.15) is 6.10 Å². The molecular weight excluding hydrogens is 617 g/mol.